The van der Waals surface area contributed by atoms with E-state index in [-0.39, 0.29) is 36.2 Å². The number of carbonyl (C=O) groups is 1. The maximum Gasteiger partial charge on any atom is 0.416 e. The summed E-state index contributed by atoms with van der Waals surface area (Å²) in [6.07, 6.45) is -2.29. The third-order valence-corrected chi connectivity index (χ3v) is 8.68. The Kier molecular flexibility index (Phi) is 6.68. The fourth-order valence-electron chi connectivity index (χ4n) is 6.03. The molecule has 1 atom stereocenters. The van der Waals surface area contributed by atoms with E-state index in [9.17, 15) is 26.7 Å². The smallest absolute Gasteiger partial charge is 0.379 e. The molecule has 12 heteroatoms. The summed E-state index contributed by atoms with van der Waals surface area (Å²) in [4.78, 5) is 16.4. The molecule has 6 rings (SSSR count). The molecule has 3 aliphatic heterocycles. The van der Waals surface area contributed by atoms with Crippen molar-refractivity contribution in [1.82, 2.24) is 19.7 Å². The maximum atomic E-state index is 14.3. The highest BCUT2D eigenvalue weighted by Gasteiger charge is 2.45. The number of carbonyl (C=O) groups excluding carboxylic acids is 1. The van der Waals surface area contributed by atoms with E-state index in [2.05, 4.69) is 10.2 Å². The lowest BCUT2D eigenvalue weighted by Gasteiger charge is -2.42. The van der Waals surface area contributed by atoms with Crippen LogP contribution in [0.25, 0.3) is 0 Å². The number of ether oxygens (including phenoxy) is 1. The molecule has 0 N–H and O–H groups in total. The van der Waals surface area contributed by atoms with Gasteiger partial charge in [-0.2, -0.15) is 13.2 Å². The normalized spacial score (nSPS) is 22.1. The van der Waals surface area contributed by atoms with Crippen LogP contribution in [0, 0.1) is 5.92 Å². The second-order valence-corrected chi connectivity index (χ2v) is 11.6. The third-order valence-electron chi connectivity index (χ3n) is 8.68. The van der Waals surface area contributed by atoms with Gasteiger partial charge in [0.1, 0.15) is 12.2 Å². The van der Waals surface area contributed by atoms with Gasteiger partial charge in [-0.15, -0.1) is 10.2 Å². The first kappa shape index (κ1) is 27.8. The molecule has 0 saturated carbocycles. The van der Waals surface area contributed by atoms with Crippen molar-refractivity contribution in [2.24, 2.45) is 13.0 Å². The Hall–Kier alpha value is -3.38. The van der Waals surface area contributed by atoms with Gasteiger partial charge in [-0.05, 0) is 53.9 Å². The van der Waals surface area contributed by atoms with Gasteiger partial charge in [0.05, 0.1) is 31.9 Å². The van der Waals surface area contributed by atoms with E-state index in [1.54, 1.807) is 18.5 Å². The van der Waals surface area contributed by atoms with E-state index in [0.717, 1.165) is 17.5 Å². The molecular formula is C29H30F5N5O2. The van der Waals surface area contributed by atoms with Gasteiger partial charge in [0.15, 0.2) is 0 Å². The molecule has 0 radical (unpaired) electrons. The van der Waals surface area contributed by atoms with E-state index in [0.29, 0.717) is 31.9 Å². The van der Waals surface area contributed by atoms with Crippen molar-refractivity contribution in [3.63, 3.8) is 0 Å². The minimum Gasteiger partial charge on any atom is -0.379 e. The van der Waals surface area contributed by atoms with E-state index in [4.69, 9.17) is 4.74 Å². The zero-order valence-electron chi connectivity index (χ0n) is 22.7. The zero-order chi connectivity index (χ0) is 29.2. The predicted octanol–water partition coefficient (Wildman–Crippen LogP) is 4.98. The Morgan fingerprint density at radius 1 is 1.15 bits per heavy atom. The van der Waals surface area contributed by atoms with Gasteiger partial charge in [0.2, 0.25) is 0 Å². The number of anilines is 1. The number of nitrogens with zero attached hydrogens (tertiary/aromatic N) is 5. The first-order valence-corrected chi connectivity index (χ1v) is 13.5. The van der Waals surface area contributed by atoms with E-state index in [1.807, 2.05) is 23.7 Å². The highest BCUT2D eigenvalue weighted by molar-refractivity contribution is 6.10. The van der Waals surface area contributed by atoms with Crippen LogP contribution in [0.15, 0.2) is 42.7 Å². The van der Waals surface area contributed by atoms with Gasteiger partial charge in [-0.25, -0.2) is 8.78 Å². The van der Waals surface area contributed by atoms with Gasteiger partial charge in [-0.1, -0.05) is 19.1 Å². The fraction of sp³-hybridized carbons (Fsp3) is 0.483. The first-order chi connectivity index (χ1) is 19.4. The number of fused-ring (bicyclic) bond motifs is 1. The molecule has 2 aromatic carbocycles. The number of hydrogen-bond donors (Lipinski definition) is 0. The van der Waals surface area contributed by atoms with Crippen LogP contribution < -0.4 is 4.90 Å². The maximum absolute atomic E-state index is 14.3. The van der Waals surface area contributed by atoms with E-state index < -0.39 is 41.4 Å². The second kappa shape index (κ2) is 9.87. The number of rotatable bonds is 6. The van der Waals surface area contributed by atoms with E-state index >= 15 is 0 Å². The molecule has 3 aromatic rings. The number of aryl methyl sites for hydroxylation is 1. The summed E-state index contributed by atoms with van der Waals surface area (Å²) in [6, 6.07) is 9.67. The number of alkyl halides is 5. The summed E-state index contributed by atoms with van der Waals surface area (Å²) < 4.78 is 78.7. The van der Waals surface area contributed by atoms with Crippen LogP contribution in [0.5, 0.6) is 0 Å². The Balaban J connectivity index is 1.30. The zero-order valence-corrected chi connectivity index (χ0v) is 22.7. The average Bonchev–Trinajstić information content (AvgIpc) is 3.45. The lowest BCUT2D eigenvalue weighted by Crippen LogP contribution is -2.49. The minimum absolute atomic E-state index is 0.0434. The van der Waals surface area contributed by atoms with Crippen molar-refractivity contribution >= 4 is 11.6 Å². The molecule has 2 saturated heterocycles. The van der Waals surface area contributed by atoms with Crippen LogP contribution in [0.1, 0.15) is 51.8 Å². The van der Waals surface area contributed by atoms with Gasteiger partial charge in [-0.3, -0.25) is 9.69 Å². The highest BCUT2D eigenvalue weighted by Crippen LogP contribution is 2.42. The van der Waals surface area contributed by atoms with Crippen LogP contribution in [0.2, 0.25) is 0 Å². The van der Waals surface area contributed by atoms with Crippen molar-refractivity contribution < 1.29 is 31.5 Å². The third kappa shape index (κ3) is 5.01. The number of aromatic nitrogens is 3. The van der Waals surface area contributed by atoms with Crippen LogP contribution in [-0.4, -0.2) is 57.8 Å². The van der Waals surface area contributed by atoms with Crippen LogP contribution in [0.3, 0.4) is 0 Å². The Morgan fingerprint density at radius 3 is 2.56 bits per heavy atom. The average molecular weight is 576 g/mol. The molecular weight excluding hydrogens is 545 g/mol. The van der Waals surface area contributed by atoms with Crippen LogP contribution in [0.4, 0.5) is 27.6 Å². The fourth-order valence-corrected chi connectivity index (χ4v) is 6.03. The molecule has 1 aromatic heterocycles. The SMILES string of the molecule is CC1CCN(Cc2cc3c(c(C(F)(F)F)c2)CN(c2cccc(C4(Cc5nncn5C)COC4)c2)C3=O)CC1(F)F. The summed E-state index contributed by atoms with van der Waals surface area (Å²) in [7, 11) is 1.85. The van der Waals surface area contributed by atoms with Crippen LogP contribution in [-0.2, 0) is 42.9 Å². The quantitative estimate of drug-likeness (QED) is 0.388. The van der Waals surface area contributed by atoms with Crippen molar-refractivity contribution in [2.45, 2.75) is 50.4 Å². The Bertz CT molecular complexity index is 1480. The lowest BCUT2D eigenvalue weighted by molar-refractivity contribution is -0.138. The number of hydrogen-bond acceptors (Lipinski definition) is 5. The standard InChI is InChI=1S/C29H30F5N5O2/c1-18-6-7-38(14-28(18,30)31)12-19-8-22-23(24(9-19)29(32,33)34)13-39(26(22)40)21-5-3-4-20(10-21)27(15-41-16-27)11-25-36-35-17-37(25)2/h3-5,8-10,17-18H,6-7,11-16H2,1-2H3. The lowest BCUT2D eigenvalue weighted by atomic mass is 9.75. The summed E-state index contributed by atoms with van der Waals surface area (Å²) in [5, 5.41) is 8.12. The molecule has 218 valence electrons. The second-order valence-electron chi connectivity index (χ2n) is 11.6. The summed E-state index contributed by atoms with van der Waals surface area (Å²) in [5.41, 5.74) is 0.121. The topological polar surface area (TPSA) is 63.5 Å². The minimum atomic E-state index is -4.71. The molecule has 4 heterocycles. The van der Waals surface area contributed by atoms with Crippen molar-refractivity contribution in [2.75, 3.05) is 31.2 Å². The molecule has 0 aliphatic carbocycles. The number of benzene rings is 2. The molecule has 2 fully saturated rings. The number of likely N-dealkylation sites (tertiary alicyclic amines) is 1. The van der Waals surface area contributed by atoms with Gasteiger partial charge < -0.3 is 14.2 Å². The molecule has 41 heavy (non-hydrogen) atoms. The predicted molar refractivity (Wildman–Crippen MR) is 140 cm³/mol. The molecule has 3 aliphatic rings. The molecule has 7 nitrogen and oxygen atoms in total. The molecule has 1 amide bonds. The first-order valence-electron chi connectivity index (χ1n) is 13.5. The van der Waals surface area contributed by atoms with Gasteiger partial charge in [0.25, 0.3) is 11.8 Å². The number of amides is 1. The summed E-state index contributed by atoms with van der Waals surface area (Å²) >= 11 is 0. The number of halogens is 5. The van der Waals surface area contributed by atoms with Gasteiger partial charge in [0, 0.05) is 42.6 Å². The van der Waals surface area contributed by atoms with Crippen molar-refractivity contribution in [1.29, 1.82) is 0 Å². The highest BCUT2D eigenvalue weighted by atomic mass is 19.4. The largest absolute Gasteiger partial charge is 0.416 e. The van der Waals surface area contributed by atoms with E-state index in [1.165, 1.54) is 22.8 Å². The number of piperidine rings is 1. The molecule has 1 unspecified atom stereocenters. The van der Waals surface area contributed by atoms with Crippen LogP contribution >= 0.6 is 0 Å². The molecule has 0 spiro atoms. The van der Waals surface area contributed by atoms with Crippen molar-refractivity contribution in [3.8, 4) is 0 Å². The van der Waals surface area contributed by atoms with Crippen molar-refractivity contribution in [3.05, 3.63) is 76.4 Å². The summed E-state index contributed by atoms with van der Waals surface area (Å²) in [6.45, 7) is 1.85. The Morgan fingerprint density at radius 2 is 1.93 bits per heavy atom. The monoisotopic (exact) mass is 575 g/mol. The molecule has 0 bridgehead atoms. The Labute approximate surface area is 233 Å². The van der Waals surface area contributed by atoms with Gasteiger partial charge >= 0.3 is 6.18 Å². The summed E-state index contributed by atoms with van der Waals surface area (Å²) in [5.74, 6) is -3.49.